The first-order valence-electron chi connectivity index (χ1n) is 6.75. The summed E-state index contributed by atoms with van der Waals surface area (Å²) in [6.45, 7) is 0.568. The zero-order valence-corrected chi connectivity index (χ0v) is 13.0. The molecule has 0 saturated heterocycles. The molecule has 6 nitrogen and oxygen atoms in total. The first-order valence-corrected chi connectivity index (χ1v) is 8.40. The summed E-state index contributed by atoms with van der Waals surface area (Å²) < 4.78 is 30.4. The second-order valence-corrected chi connectivity index (χ2v) is 7.03. The number of carbonyl (C=O) groups is 1. The van der Waals surface area contributed by atoms with Gasteiger partial charge in [0.1, 0.15) is 0 Å². The van der Waals surface area contributed by atoms with E-state index >= 15 is 0 Å². The van der Waals surface area contributed by atoms with E-state index in [9.17, 15) is 13.2 Å². The van der Waals surface area contributed by atoms with Crippen molar-refractivity contribution in [3.8, 4) is 0 Å². The van der Waals surface area contributed by atoms with E-state index < -0.39 is 15.9 Å². The van der Waals surface area contributed by atoms with E-state index in [4.69, 9.17) is 4.74 Å². The molecule has 116 valence electrons. The number of rotatable bonds is 5. The van der Waals surface area contributed by atoms with Crippen LogP contribution in [0.2, 0.25) is 0 Å². The van der Waals surface area contributed by atoms with E-state index in [1.165, 1.54) is 7.11 Å². The summed E-state index contributed by atoms with van der Waals surface area (Å²) in [6, 6.07) is 7.83. The molecule has 1 atom stereocenters. The average molecular weight is 312 g/mol. The molecule has 0 radical (unpaired) electrons. The summed E-state index contributed by atoms with van der Waals surface area (Å²) in [5.41, 5.74) is 2.14. The number of carbonyl (C=O) groups excluding carboxylic acids is 1. The largest absolute Gasteiger partial charge is 0.384 e. The van der Waals surface area contributed by atoms with Crippen molar-refractivity contribution in [2.24, 2.45) is 5.92 Å². The highest BCUT2D eigenvalue weighted by Crippen LogP contribution is 2.28. The molecule has 1 heterocycles. The summed E-state index contributed by atoms with van der Waals surface area (Å²) >= 11 is 0. The number of fused-ring (bicyclic) bond motifs is 1. The van der Waals surface area contributed by atoms with E-state index in [0.29, 0.717) is 13.0 Å². The van der Waals surface area contributed by atoms with E-state index in [-0.39, 0.29) is 18.3 Å². The molecular formula is C14H20N2O4S. The number of sulfonamides is 1. The molecule has 0 aromatic heterocycles. The van der Waals surface area contributed by atoms with Crippen LogP contribution in [0.3, 0.4) is 0 Å². The lowest BCUT2D eigenvalue weighted by Gasteiger charge is -2.32. The molecule has 0 bridgehead atoms. The molecule has 1 aliphatic heterocycles. The van der Waals surface area contributed by atoms with Gasteiger partial charge in [0.2, 0.25) is 15.9 Å². The van der Waals surface area contributed by atoms with Crippen molar-refractivity contribution in [2.75, 3.05) is 38.0 Å². The van der Waals surface area contributed by atoms with Gasteiger partial charge in [-0.3, -0.25) is 9.52 Å². The molecule has 0 aliphatic carbocycles. The van der Waals surface area contributed by atoms with Gasteiger partial charge in [-0.25, -0.2) is 8.42 Å². The van der Waals surface area contributed by atoms with Gasteiger partial charge in [-0.1, -0.05) is 18.2 Å². The van der Waals surface area contributed by atoms with Crippen molar-refractivity contribution < 1.29 is 17.9 Å². The molecule has 0 unspecified atom stereocenters. The number of hydrogen-bond acceptors (Lipinski definition) is 5. The second-order valence-electron chi connectivity index (χ2n) is 5.19. The number of nitrogens with zero attached hydrogens (tertiary/aromatic N) is 1. The van der Waals surface area contributed by atoms with Crippen LogP contribution in [0.5, 0.6) is 0 Å². The molecule has 1 N–H and O–H groups in total. The van der Waals surface area contributed by atoms with Crippen molar-refractivity contribution in [3.05, 3.63) is 29.8 Å². The Kier molecular flexibility index (Phi) is 4.84. The zero-order chi connectivity index (χ0) is 15.5. The first-order chi connectivity index (χ1) is 9.93. The number of hydrogen-bond donors (Lipinski definition) is 1. The van der Waals surface area contributed by atoms with Crippen LogP contribution < -0.4 is 9.62 Å². The van der Waals surface area contributed by atoms with Crippen molar-refractivity contribution in [3.63, 3.8) is 0 Å². The first kappa shape index (κ1) is 15.8. The highest BCUT2D eigenvalue weighted by atomic mass is 32.2. The van der Waals surface area contributed by atoms with Crippen LogP contribution in [0.25, 0.3) is 0 Å². The lowest BCUT2D eigenvalue weighted by molar-refractivity contribution is -0.123. The number of ether oxygens (including phenoxy) is 1. The Bertz CT molecular complexity index is 615. The van der Waals surface area contributed by atoms with E-state index in [1.54, 1.807) is 0 Å². The molecule has 1 aliphatic rings. The van der Waals surface area contributed by atoms with Crippen LogP contribution in [-0.2, 0) is 26.0 Å². The molecule has 1 amide bonds. The standard InChI is InChI=1S/C14H20N2O4S/c1-16-10-12(9-11-5-3-4-6-13(11)16)14(17)15-21(18,19)8-7-20-2/h3-6,12H,7-10H2,1-2H3,(H,15,17)/t12-/m0/s1. The molecule has 1 aromatic carbocycles. The third-order valence-corrected chi connectivity index (χ3v) is 4.76. The van der Waals surface area contributed by atoms with Gasteiger partial charge in [-0.2, -0.15) is 0 Å². The highest BCUT2D eigenvalue weighted by molar-refractivity contribution is 7.90. The number of para-hydroxylation sites is 1. The minimum Gasteiger partial charge on any atom is -0.384 e. The Morgan fingerprint density at radius 1 is 1.43 bits per heavy atom. The number of nitrogens with one attached hydrogen (secondary N) is 1. The molecule has 0 saturated carbocycles. The summed E-state index contributed by atoms with van der Waals surface area (Å²) in [7, 11) is -0.309. The van der Waals surface area contributed by atoms with Crippen LogP contribution >= 0.6 is 0 Å². The van der Waals surface area contributed by atoms with Crippen LogP contribution in [0.1, 0.15) is 5.56 Å². The lowest BCUT2D eigenvalue weighted by Crippen LogP contribution is -2.44. The van der Waals surface area contributed by atoms with Gasteiger partial charge < -0.3 is 9.64 Å². The molecule has 21 heavy (non-hydrogen) atoms. The third-order valence-electron chi connectivity index (χ3n) is 3.55. The van der Waals surface area contributed by atoms with E-state index in [0.717, 1.165) is 11.3 Å². The third kappa shape index (κ3) is 3.95. The summed E-state index contributed by atoms with van der Waals surface area (Å²) in [6.07, 6.45) is 0.548. The van der Waals surface area contributed by atoms with Crippen molar-refractivity contribution >= 4 is 21.6 Å². The molecule has 1 aromatic rings. The quantitative estimate of drug-likeness (QED) is 0.851. The number of amides is 1. The van der Waals surface area contributed by atoms with Crippen LogP contribution in [-0.4, -0.2) is 47.4 Å². The van der Waals surface area contributed by atoms with Gasteiger partial charge in [0, 0.05) is 26.4 Å². The smallest absolute Gasteiger partial charge is 0.238 e. The molecule has 0 spiro atoms. The van der Waals surface area contributed by atoms with Gasteiger partial charge in [0.25, 0.3) is 0 Å². The van der Waals surface area contributed by atoms with Crippen LogP contribution in [0, 0.1) is 5.92 Å². The molecule has 7 heteroatoms. The minimum absolute atomic E-state index is 0.0655. The fourth-order valence-corrected chi connectivity index (χ4v) is 3.43. The number of anilines is 1. The summed E-state index contributed by atoms with van der Waals surface area (Å²) in [5, 5.41) is 0. The summed E-state index contributed by atoms with van der Waals surface area (Å²) in [5.74, 6) is -1.04. The van der Waals surface area contributed by atoms with E-state index in [2.05, 4.69) is 4.72 Å². The predicted molar refractivity (Wildman–Crippen MR) is 80.7 cm³/mol. The van der Waals surface area contributed by atoms with Gasteiger partial charge in [-0.05, 0) is 18.1 Å². The van der Waals surface area contributed by atoms with Crippen molar-refractivity contribution in [1.29, 1.82) is 0 Å². The monoisotopic (exact) mass is 312 g/mol. The van der Waals surface area contributed by atoms with Crippen LogP contribution in [0.4, 0.5) is 5.69 Å². The Balaban J connectivity index is 2.05. The van der Waals surface area contributed by atoms with Gasteiger partial charge in [-0.15, -0.1) is 0 Å². The number of methoxy groups -OCH3 is 1. The maximum atomic E-state index is 12.2. The molecule has 0 fully saturated rings. The summed E-state index contributed by atoms with van der Waals surface area (Å²) in [4.78, 5) is 14.2. The Morgan fingerprint density at radius 3 is 2.86 bits per heavy atom. The average Bonchev–Trinajstić information content (AvgIpc) is 2.44. The van der Waals surface area contributed by atoms with E-state index in [1.807, 2.05) is 36.2 Å². The second kappa shape index (κ2) is 6.44. The van der Waals surface area contributed by atoms with Gasteiger partial charge in [0.05, 0.1) is 18.3 Å². The maximum absolute atomic E-state index is 12.2. The molecule has 2 rings (SSSR count). The topological polar surface area (TPSA) is 75.7 Å². The molecular weight excluding hydrogens is 292 g/mol. The SMILES string of the molecule is COCCS(=O)(=O)NC(=O)[C@H]1Cc2ccccc2N(C)C1. The van der Waals surface area contributed by atoms with Crippen LogP contribution in [0.15, 0.2) is 24.3 Å². The zero-order valence-electron chi connectivity index (χ0n) is 12.2. The van der Waals surface area contributed by atoms with Gasteiger partial charge >= 0.3 is 0 Å². The highest BCUT2D eigenvalue weighted by Gasteiger charge is 2.29. The predicted octanol–water partition coefficient (Wildman–Crippen LogP) is 0.388. The minimum atomic E-state index is -3.63. The Hall–Kier alpha value is -1.60. The maximum Gasteiger partial charge on any atom is 0.238 e. The number of benzene rings is 1. The lowest BCUT2D eigenvalue weighted by atomic mass is 9.92. The van der Waals surface area contributed by atoms with Crippen molar-refractivity contribution in [2.45, 2.75) is 6.42 Å². The normalized spacial score (nSPS) is 18.2. The van der Waals surface area contributed by atoms with Crippen molar-refractivity contribution in [1.82, 2.24) is 4.72 Å². The fraction of sp³-hybridized carbons (Fsp3) is 0.500. The Morgan fingerprint density at radius 2 is 2.14 bits per heavy atom. The van der Waals surface area contributed by atoms with Gasteiger partial charge in [0.15, 0.2) is 0 Å². The fourth-order valence-electron chi connectivity index (χ4n) is 2.47. The Labute approximate surface area is 125 Å².